The monoisotopic (exact) mass is 1040 g/mol. The van der Waals surface area contributed by atoms with Crippen LogP contribution in [0.5, 0.6) is 11.5 Å². The van der Waals surface area contributed by atoms with E-state index in [1.54, 1.807) is 7.05 Å². The summed E-state index contributed by atoms with van der Waals surface area (Å²) in [7, 11) is 1.55. The van der Waals surface area contributed by atoms with Crippen LogP contribution in [-0.4, -0.2) is 107 Å². The first-order valence-corrected chi connectivity index (χ1v) is 25.5. The normalized spacial score (nSPS) is 24.2. The van der Waals surface area contributed by atoms with Gasteiger partial charge in [0.1, 0.15) is 29.5 Å². The van der Waals surface area contributed by atoms with Crippen molar-refractivity contribution >= 4 is 52.1 Å². The number of likely N-dealkylation sites (tertiary alicyclic amines) is 2. The number of primary amides is 1. The van der Waals surface area contributed by atoms with E-state index in [0.29, 0.717) is 57.5 Å². The van der Waals surface area contributed by atoms with E-state index in [1.807, 2.05) is 54.4 Å². The number of carbonyl (C=O) groups is 4. The summed E-state index contributed by atoms with van der Waals surface area (Å²) in [5.74, 6) is -5.60. The fraction of sp³-hybridized carbons (Fsp3) is 0.426. The number of halogens is 5. The molecule has 5 aliphatic rings. The number of benzene rings is 4. The number of nitrogens with one attached hydrogen (secondary N) is 2. The summed E-state index contributed by atoms with van der Waals surface area (Å²) >= 11 is 6.69. The summed E-state index contributed by atoms with van der Waals surface area (Å²) in [6, 6.07) is 13.5. The molecule has 390 valence electrons. The van der Waals surface area contributed by atoms with Crippen LogP contribution in [0.15, 0.2) is 66.9 Å². The molecule has 5 heterocycles. The Morgan fingerprint density at radius 1 is 0.959 bits per heavy atom. The molecule has 0 bridgehead atoms. The smallest absolute Gasteiger partial charge is 0.329 e. The van der Waals surface area contributed by atoms with Crippen molar-refractivity contribution in [2.75, 3.05) is 57.4 Å². The number of nitrogens with zero attached hydrogens (tertiary/aromatic N) is 5. The zero-order valence-electron chi connectivity index (χ0n) is 40.9. The topological polar surface area (TPSA) is 185 Å². The lowest BCUT2D eigenvalue weighted by Crippen LogP contribution is -2.49. The second kappa shape index (κ2) is 20.5. The van der Waals surface area contributed by atoms with E-state index >= 15 is 17.6 Å². The molecule has 15 nitrogen and oxygen atoms in total. The number of anilines is 1. The van der Waals surface area contributed by atoms with E-state index in [1.165, 1.54) is 27.8 Å². The standard InChI is InChI=1S/C54H57ClF4N8O7/c1-29-42-40(25-38(57)46(55)45(42)44-35(50(60)70)12-13-39(47(44)58)73-23-22-68)74-54(29,33-6-4-3-5-7-33)17-18-61-34-10-8-31(9-11-34)52(71)66-20-14-30(27-66)26-65-19-15-32(28-65)43-37(56)24-36-49(48(43)59)64(2)63-51(36)67-21-16-41(69)62-53(67)72/h3-7,12-13,17-18,24-25,29-32,34,61,68H,8-11,14-16,19-23,26-28H2,1-2H3,(H2,60,70)(H,62,69,72)/b18-17-/t29-,30+,31?,32-,34?,54-/m0/s1. The number of aromatic nitrogens is 2. The van der Waals surface area contributed by atoms with Gasteiger partial charge in [0.2, 0.25) is 17.7 Å². The Morgan fingerprint density at radius 2 is 1.73 bits per heavy atom. The second-order valence-corrected chi connectivity index (χ2v) is 20.5. The van der Waals surface area contributed by atoms with Gasteiger partial charge in [0.05, 0.1) is 22.6 Å². The summed E-state index contributed by atoms with van der Waals surface area (Å²) in [5, 5.41) is 19.2. The number of carbonyl (C=O) groups excluding carboxylic acids is 4. The number of imide groups is 1. The molecule has 20 heteroatoms. The number of aryl methyl sites for hydroxylation is 1. The number of amides is 5. The molecule has 0 radical (unpaired) electrons. The minimum atomic E-state index is -1.25. The summed E-state index contributed by atoms with van der Waals surface area (Å²) in [6.45, 7) is 4.34. The van der Waals surface area contributed by atoms with Crippen LogP contribution in [0, 0.1) is 35.1 Å². The lowest BCUT2D eigenvalue weighted by atomic mass is 9.77. The van der Waals surface area contributed by atoms with Gasteiger partial charge in [-0.2, -0.15) is 5.10 Å². The Balaban J connectivity index is 0.770. The molecule has 10 rings (SSSR count). The Morgan fingerprint density at radius 3 is 2.46 bits per heavy atom. The van der Waals surface area contributed by atoms with Crippen LogP contribution < -0.4 is 30.7 Å². The molecular weight excluding hydrogens is 984 g/mol. The number of urea groups is 1. The maximum absolute atomic E-state index is 16.4. The fourth-order valence-corrected chi connectivity index (χ4v) is 12.2. The molecule has 0 unspecified atom stereocenters. The maximum Gasteiger partial charge on any atom is 0.329 e. The third-order valence-corrected chi connectivity index (χ3v) is 16.0. The number of aliphatic hydroxyl groups excluding tert-OH is 1. The summed E-state index contributed by atoms with van der Waals surface area (Å²) < 4.78 is 77.9. The molecule has 1 aromatic heterocycles. The van der Waals surface area contributed by atoms with Crippen LogP contribution in [0.3, 0.4) is 0 Å². The van der Waals surface area contributed by atoms with E-state index in [-0.39, 0.29) is 93.8 Å². The van der Waals surface area contributed by atoms with Gasteiger partial charge in [-0.3, -0.25) is 29.3 Å². The van der Waals surface area contributed by atoms with Crippen LogP contribution in [0.1, 0.15) is 90.8 Å². The first-order valence-electron chi connectivity index (χ1n) is 25.1. The average Bonchev–Trinajstić information content (AvgIpc) is 4.18. The van der Waals surface area contributed by atoms with Crippen LogP contribution >= 0.6 is 11.6 Å². The zero-order valence-corrected chi connectivity index (χ0v) is 41.7. The third kappa shape index (κ3) is 9.20. The number of fused-ring (bicyclic) bond motifs is 2. The van der Waals surface area contributed by atoms with Crippen LogP contribution in [0.25, 0.3) is 22.0 Å². The Labute approximate surface area is 429 Å². The van der Waals surface area contributed by atoms with Gasteiger partial charge in [0.15, 0.2) is 28.8 Å². The number of nitrogens with two attached hydrogens (primary N) is 1. The molecule has 74 heavy (non-hydrogen) atoms. The van der Waals surface area contributed by atoms with E-state index in [4.69, 9.17) is 26.8 Å². The van der Waals surface area contributed by atoms with Crippen molar-refractivity contribution in [3.63, 3.8) is 0 Å². The maximum atomic E-state index is 16.4. The number of hydrogen-bond acceptors (Lipinski definition) is 10. The fourth-order valence-electron chi connectivity index (χ4n) is 12.0. The number of rotatable bonds is 14. The molecule has 5 aromatic rings. The highest BCUT2D eigenvalue weighted by molar-refractivity contribution is 6.34. The molecule has 4 atom stereocenters. The molecule has 0 spiro atoms. The number of ether oxygens (including phenoxy) is 2. The minimum absolute atomic E-state index is 0.000589. The molecule has 5 amide bonds. The van der Waals surface area contributed by atoms with Crippen molar-refractivity contribution in [2.24, 2.45) is 24.6 Å². The van der Waals surface area contributed by atoms with Crippen molar-refractivity contribution in [3.8, 4) is 22.6 Å². The van der Waals surface area contributed by atoms with E-state index in [9.17, 15) is 24.3 Å². The van der Waals surface area contributed by atoms with Gasteiger partial charge in [-0.15, -0.1) is 0 Å². The SMILES string of the molecule is C[C@H]1c2c(cc(F)c(Cl)c2-c2c(C(N)=O)ccc(OCCO)c2F)O[C@]1(/C=C\NC1CCC(C(=O)N2CC[C@H](CN3CC[C@H](c4c(F)cc5c(N6CCC(=O)NC6=O)nn(C)c5c4F)C3)C2)CC1)c1ccccc1. The summed E-state index contributed by atoms with van der Waals surface area (Å²) in [4.78, 5) is 56.4. The average molecular weight is 1040 g/mol. The molecule has 1 saturated carbocycles. The summed E-state index contributed by atoms with van der Waals surface area (Å²) in [6.07, 6.45) is 7.92. The van der Waals surface area contributed by atoms with Gasteiger partial charge in [-0.1, -0.05) is 48.9 Å². The van der Waals surface area contributed by atoms with Crippen molar-refractivity contribution in [1.82, 2.24) is 30.2 Å². The predicted molar refractivity (Wildman–Crippen MR) is 268 cm³/mol. The van der Waals surface area contributed by atoms with E-state index in [2.05, 4.69) is 20.6 Å². The Bertz CT molecular complexity index is 3080. The van der Waals surface area contributed by atoms with Gasteiger partial charge >= 0.3 is 6.03 Å². The molecular formula is C54H57ClF4N8O7. The lowest BCUT2D eigenvalue weighted by molar-refractivity contribution is -0.135. The highest BCUT2D eigenvalue weighted by atomic mass is 35.5. The van der Waals surface area contributed by atoms with Crippen LogP contribution in [-0.2, 0) is 22.2 Å². The summed E-state index contributed by atoms with van der Waals surface area (Å²) in [5.41, 5.74) is 4.96. The molecule has 1 aliphatic carbocycles. The number of hydrogen-bond donors (Lipinski definition) is 4. The van der Waals surface area contributed by atoms with Crippen LogP contribution in [0.4, 0.5) is 28.2 Å². The highest BCUT2D eigenvalue weighted by Gasteiger charge is 2.49. The Kier molecular flexibility index (Phi) is 14.1. The second-order valence-electron chi connectivity index (χ2n) is 20.1. The first-order chi connectivity index (χ1) is 35.6. The van der Waals surface area contributed by atoms with Crippen molar-refractivity contribution in [1.29, 1.82) is 0 Å². The molecule has 3 saturated heterocycles. The quantitative estimate of drug-likeness (QED) is 0.0802. The third-order valence-electron chi connectivity index (χ3n) is 15.7. The van der Waals surface area contributed by atoms with Gasteiger partial charge < -0.3 is 35.4 Å². The molecule has 5 N–H and O–H groups in total. The van der Waals surface area contributed by atoms with Gasteiger partial charge in [-0.05, 0) is 87.0 Å². The van der Waals surface area contributed by atoms with Gasteiger partial charge in [0, 0.05) is 98.3 Å². The minimum Gasteiger partial charge on any atom is -0.488 e. The van der Waals surface area contributed by atoms with Gasteiger partial charge in [0.25, 0.3) is 0 Å². The van der Waals surface area contributed by atoms with Crippen molar-refractivity contribution < 1.29 is 51.3 Å². The highest BCUT2D eigenvalue weighted by Crippen LogP contribution is 2.57. The van der Waals surface area contributed by atoms with Crippen molar-refractivity contribution in [2.45, 2.75) is 75.3 Å². The van der Waals surface area contributed by atoms with E-state index < -0.39 is 70.2 Å². The largest absolute Gasteiger partial charge is 0.488 e. The number of aliphatic hydroxyl groups is 1. The zero-order chi connectivity index (χ0) is 52.2. The molecule has 4 aliphatic heterocycles. The Hall–Kier alpha value is -6.70. The lowest BCUT2D eigenvalue weighted by Gasteiger charge is -2.33. The van der Waals surface area contributed by atoms with Gasteiger partial charge in [-0.25, -0.2) is 22.4 Å². The van der Waals surface area contributed by atoms with Crippen molar-refractivity contribution in [3.05, 3.63) is 117 Å². The van der Waals surface area contributed by atoms with Crippen LogP contribution in [0.2, 0.25) is 5.02 Å². The van der Waals surface area contributed by atoms with E-state index in [0.717, 1.165) is 30.9 Å². The predicted octanol–water partition coefficient (Wildman–Crippen LogP) is 7.76. The first kappa shape index (κ1) is 50.8. The molecule has 4 fully saturated rings. The molecule has 4 aromatic carbocycles.